The van der Waals surface area contributed by atoms with Crippen LogP contribution < -0.4 is 0 Å². The van der Waals surface area contributed by atoms with E-state index in [0.717, 1.165) is 0 Å². The van der Waals surface area contributed by atoms with Crippen LogP contribution in [0.25, 0.3) is 0 Å². The first-order chi connectivity index (χ1) is 14.0. The summed E-state index contributed by atoms with van der Waals surface area (Å²) < 4.78 is 38.3. The largest absolute Gasteiger partial charge is 0.476 e. The van der Waals surface area contributed by atoms with Crippen molar-refractivity contribution in [2.45, 2.75) is 97.3 Å². The molecule has 0 amide bonds. The van der Waals surface area contributed by atoms with Crippen molar-refractivity contribution in [2.24, 2.45) is 0 Å². The van der Waals surface area contributed by atoms with E-state index in [1.165, 1.54) is 6.08 Å². The van der Waals surface area contributed by atoms with Crippen molar-refractivity contribution in [3.8, 4) is 0 Å². The first-order valence-corrected chi connectivity index (χ1v) is 28.4. The van der Waals surface area contributed by atoms with Crippen LogP contribution in [0.3, 0.4) is 0 Å². The molecule has 0 saturated heterocycles. The second kappa shape index (κ2) is 12.3. The van der Waals surface area contributed by atoms with E-state index < -0.39 is 57.3 Å². The molecule has 0 N–H and O–H groups in total. The average molecular weight is 556 g/mol. The molecule has 0 aliphatic heterocycles. The number of carbonyl (C=O) groups is 1. The molecule has 13 heteroatoms. The molecule has 0 heterocycles. The Morgan fingerprint density at radius 1 is 0.781 bits per heavy atom. The number of carbonyl (C=O) groups excluding carboxylic acids is 1. The SMILES string of the molecule is C=CC(=O)OCCC(O[Si](C)(O[Si](C)(C)C)O[Si](C)(C)C)[Si](O[Si](C)(C)C)O[Si](C)(C)C. The number of hydrogen-bond acceptors (Lipinski definition) is 7. The van der Waals surface area contributed by atoms with Gasteiger partial charge in [-0.05, 0) is 78.6 Å². The average Bonchev–Trinajstić information content (AvgIpc) is 2.46. The fourth-order valence-electron chi connectivity index (χ4n) is 2.75. The maximum Gasteiger partial charge on any atom is 0.476 e. The lowest BCUT2D eigenvalue weighted by Crippen LogP contribution is -2.60. The lowest BCUT2D eigenvalue weighted by Gasteiger charge is -2.41. The van der Waals surface area contributed by atoms with Gasteiger partial charge >= 0.3 is 24.1 Å². The van der Waals surface area contributed by atoms with E-state index in [-0.39, 0.29) is 12.3 Å². The Morgan fingerprint density at radius 3 is 1.50 bits per heavy atom. The van der Waals surface area contributed by atoms with Gasteiger partial charge in [-0.1, -0.05) is 6.58 Å². The second-order valence-corrected chi connectivity index (χ2v) is 35.2. The molecule has 1 atom stereocenters. The van der Waals surface area contributed by atoms with Crippen LogP contribution in [0.15, 0.2) is 12.7 Å². The normalized spacial score (nSPS) is 15.1. The maximum absolute atomic E-state index is 11.6. The van der Waals surface area contributed by atoms with Crippen molar-refractivity contribution in [1.29, 1.82) is 0 Å². The van der Waals surface area contributed by atoms with Crippen LogP contribution in [0.2, 0.25) is 85.1 Å². The summed E-state index contributed by atoms with van der Waals surface area (Å²) >= 11 is 0. The van der Waals surface area contributed by atoms with Gasteiger partial charge in [-0.3, -0.25) is 0 Å². The Bertz CT molecular complexity index is 573. The molecule has 0 aliphatic carbocycles. The Kier molecular flexibility index (Phi) is 12.4. The monoisotopic (exact) mass is 555 g/mol. The summed E-state index contributed by atoms with van der Waals surface area (Å²) in [6.07, 6.45) is 1.62. The van der Waals surface area contributed by atoms with Crippen molar-refractivity contribution < 1.29 is 30.4 Å². The standard InChI is InChI=1S/C19H47O7Si6/c1-15-18(20)21-17-16-19(27(23-28(2,3)4)24-29(5,6)7)22-32(14,25-30(8,9)10)26-31(11,12)13/h15,19H,1,16-17H2,2-14H3. The summed E-state index contributed by atoms with van der Waals surface area (Å²) in [5.41, 5.74) is -0.388. The van der Waals surface area contributed by atoms with Gasteiger partial charge < -0.3 is 25.6 Å². The molecule has 0 fully saturated rings. The van der Waals surface area contributed by atoms with Crippen LogP contribution >= 0.6 is 0 Å². The Hall–Kier alpha value is 0.311. The summed E-state index contributed by atoms with van der Waals surface area (Å²) in [4.78, 5) is 11.6. The van der Waals surface area contributed by atoms with Crippen LogP contribution in [0.1, 0.15) is 6.42 Å². The summed E-state index contributed by atoms with van der Waals surface area (Å²) in [7, 11) is -12.7. The molecular weight excluding hydrogens is 509 g/mol. The molecule has 1 unspecified atom stereocenters. The lowest BCUT2D eigenvalue weighted by atomic mass is 10.5. The number of hydrogen-bond donors (Lipinski definition) is 0. The molecule has 189 valence electrons. The molecule has 0 aliphatic rings. The molecular formula is C19H47O7Si6. The van der Waals surface area contributed by atoms with Gasteiger partial charge in [0.05, 0.1) is 12.3 Å². The molecule has 0 rings (SSSR count). The molecule has 0 aromatic carbocycles. The minimum Gasteiger partial charge on any atom is -0.462 e. The summed E-state index contributed by atoms with van der Waals surface area (Å²) in [6, 6.07) is 0. The molecule has 0 aromatic rings. The highest BCUT2D eigenvalue weighted by Crippen LogP contribution is 2.27. The van der Waals surface area contributed by atoms with E-state index in [4.69, 9.17) is 25.6 Å². The molecule has 7 nitrogen and oxygen atoms in total. The van der Waals surface area contributed by atoms with Gasteiger partial charge in [-0.2, -0.15) is 0 Å². The molecule has 0 bridgehead atoms. The zero-order valence-corrected chi connectivity index (χ0v) is 28.6. The predicted molar refractivity (Wildman–Crippen MR) is 146 cm³/mol. The molecule has 0 saturated carbocycles. The van der Waals surface area contributed by atoms with Crippen LogP contribution in [-0.4, -0.2) is 69.7 Å². The van der Waals surface area contributed by atoms with Crippen molar-refractivity contribution in [3.05, 3.63) is 12.7 Å². The van der Waals surface area contributed by atoms with Crippen LogP contribution in [0, 0.1) is 0 Å². The zero-order valence-electron chi connectivity index (χ0n) is 22.6. The van der Waals surface area contributed by atoms with Crippen molar-refractivity contribution >= 4 is 57.3 Å². The Balaban J connectivity index is 6.09. The lowest BCUT2D eigenvalue weighted by molar-refractivity contribution is -0.138. The van der Waals surface area contributed by atoms with Crippen molar-refractivity contribution in [2.75, 3.05) is 6.61 Å². The van der Waals surface area contributed by atoms with Crippen LogP contribution in [0.5, 0.6) is 0 Å². The fourth-order valence-corrected chi connectivity index (χ4v) is 21.0. The number of rotatable bonds is 15. The molecule has 32 heavy (non-hydrogen) atoms. The Labute approximate surface area is 203 Å². The highest BCUT2D eigenvalue weighted by atomic mass is 28.5. The Morgan fingerprint density at radius 2 is 1.19 bits per heavy atom. The molecule has 0 aromatic heterocycles. The van der Waals surface area contributed by atoms with Gasteiger partial charge in [0.25, 0.3) is 0 Å². The summed E-state index contributed by atoms with van der Waals surface area (Å²) in [6.45, 7) is 31.3. The van der Waals surface area contributed by atoms with Gasteiger partial charge in [-0.15, -0.1) is 0 Å². The second-order valence-electron chi connectivity index (χ2n) is 11.8. The van der Waals surface area contributed by atoms with Crippen molar-refractivity contribution in [1.82, 2.24) is 0 Å². The van der Waals surface area contributed by atoms with E-state index in [0.29, 0.717) is 6.42 Å². The van der Waals surface area contributed by atoms with Gasteiger partial charge in [0.2, 0.25) is 0 Å². The van der Waals surface area contributed by atoms with Crippen molar-refractivity contribution in [3.63, 3.8) is 0 Å². The smallest absolute Gasteiger partial charge is 0.462 e. The highest BCUT2D eigenvalue weighted by Gasteiger charge is 2.48. The van der Waals surface area contributed by atoms with E-state index in [1.54, 1.807) is 0 Å². The first-order valence-electron chi connectivity index (χ1n) is 11.2. The third-order valence-electron chi connectivity index (χ3n) is 3.21. The van der Waals surface area contributed by atoms with Gasteiger partial charge in [0, 0.05) is 19.0 Å². The zero-order chi connectivity index (χ0) is 25.6. The fraction of sp³-hybridized carbons (Fsp3) is 0.842. The minimum absolute atomic E-state index is 0.193. The van der Waals surface area contributed by atoms with Gasteiger partial charge in [-0.25, -0.2) is 4.79 Å². The summed E-state index contributed by atoms with van der Waals surface area (Å²) in [5.74, 6) is -0.452. The molecule has 1 radical (unpaired) electrons. The van der Waals surface area contributed by atoms with E-state index in [9.17, 15) is 4.79 Å². The quantitative estimate of drug-likeness (QED) is 0.150. The van der Waals surface area contributed by atoms with Gasteiger partial charge in [0.15, 0.2) is 33.3 Å². The highest BCUT2D eigenvalue weighted by molar-refractivity contribution is 6.86. The summed E-state index contributed by atoms with van der Waals surface area (Å²) in [5, 5.41) is 0. The van der Waals surface area contributed by atoms with Gasteiger partial charge in [0.1, 0.15) is 0 Å². The number of esters is 1. The third-order valence-corrected chi connectivity index (χ3v) is 19.5. The first kappa shape index (κ1) is 32.3. The predicted octanol–water partition coefficient (Wildman–Crippen LogP) is 5.49. The van der Waals surface area contributed by atoms with E-state index in [1.807, 2.05) is 6.55 Å². The third kappa shape index (κ3) is 16.9. The minimum atomic E-state index is -3.02. The van der Waals surface area contributed by atoms with E-state index in [2.05, 4.69) is 85.1 Å². The van der Waals surface area contributed by atoms with Crippen LogP contribution in [-0.2, 0) is 30.4 Å². The van der Waals surface area contributed by atoms with E-state index >= 15 is 0 Å². The molecule has 0 spiro atoms. The number of ether oxygens (including phenoxy) is 1. The topological polar surface area (TPSA) is 72.5 Å². The maximum atomic E-state index is 11.6. The van der Waals surface area contributed by atoms with Crippen LogP contribution in [0.4, 0.5) is 0 Å².